The zero-order valence-corrected chi connectivity index (χ0v) is 12.5. The van der Waals surface area contributed by atoms with Gasteiger partial charge in [0.25, 0.3) is 5.91 Å². The number of rotatable bonds is 6. The molecule has 6 nitrogen and oxygen atoms in total. The van der Waals surface area contributed by atoms with Crippen LogP contribution >= 0.6 is 0 Å². The molecule has 21 heavy (non-hydrogen) atoms. The van der Waals surface area contributed by atoms with Gasteiger partial charge in [0.15, 0.2) is 0 Å². The van der Waals surface area contributed by atoms with Crippen molar-refractivity contribution in [2.75, 3.05) is 7.11 Å². The third kappa shape index (κ3) is 4.05. The van der Waals surface area contributed by atoms with Gasteiger partial charge in [-0.2, -0.15) is 15.0 Å². The summed E-state index contributed by atoms with van der Waals surface area (Å²) in [6.07, 6.45) is 3.26. The number of nitrogens with zero attached hydrogens (tertiary/aromatic N) is 3. The molecule has 112 valence electrons. The molecular weight excluding hydrogens is 268 g/mol. The first-order valence-electron chi connectivity index (χ1n) is 6.89. The molecule has 0 aliphatic carbocycles. The molecule has 0 bridgehead atoms. The lowest BCUT2D eigenvalue weighted by Crippen LogP contribution is -2.42. The number of aromatic nitrogens is 3. The van der Waals surface area contributed by atoms with Gasteiger partial charge in [0.05, 0.1) is 32.1 Å². The van der Waals surface area contributed by atoms with E-state index in [1.807, 2.05) is 0 Å². The second kappa shape index (κ2) is 6.88. The predicted octanol–water partition coefficient (Wildman–Crippen LogP) is 1.74. The minimum atomic E-state index is -0.108. The number of carbonyl (C=O) groups excluding carboxylic acids is 1. The average Bonchev–Trinajstić information content (AvgIpc) is 2.99. The highest BCUT2D eigenvalue weighted by Crippen LogP contribution is 2.12. The molecule has 2 rings (SSSR count). The predicted molar refractivity (Wildman–Crippen MR) is 79.1 cm³/mol. The topological polar surface area (TPSA) is 69.0 Å². The van der Waals surface area contributed by atoms with Gasteiger partial charge in [0.1, 0.15) is 5.75 Å². The molecule has 0 spiro atoms. The van der Waals surface area contributed by atoms with Crippen molar-refractivity contribution in [3.05, 3.63) is 42.2 Å². The monoisotopic (exact) mass is 288 g/mol. The highest BCUT2D eigenvalue weighted by molar-refractivity contribution is 5.94. The molecule has 1 aromatic heterocycles. The molecule has 6 heteroatoms. The Morgan fingerprint density at radius 3 is 2.38 bits per heavy atom. The highest BCUT2D eigenvalue weighted by Gasteiger charge is 2.18. The first-order chi connectivity index (χ1) is 10.1. The zero-order chi connectivity index (χ0) is 15.2. The van der Waals surface area contributed by atoms with Gasteiger partial charge in [0, 0.05) is 5.56 Å². The van der Waals surface area contributed by atoms with Crippen LogP contribution < -0.4 is 10.1 Å². The average molecular weight is 288 g/mol. The fourth-order valence-electron chi connectivity index (χ4n) is 1.93. The maximum absolute atomic E-state index is 12.3. The van der Waals surface area contributed by atoms with E-state index in [1.54, 1.807) is 48.6 Å². The first kappa shape index (κ1) is 15.0. The minimum absolute atomic E-state index is 0.0352. The van der Waals surface area contributed by atoms with E-state index < -0.39 is 0 Å². The van der Waals surface area contributed by atoms with E-state index in [4.69, 9.17) is 4.74 Å². The number of ether oxygens (including phenoxy) is 1. The van der Waals surface area contributed by atoms with Crippen LogP contribution in [0.1, 0.15) is 24.2 Å². The summed E-state index contributed by atoms with van der Waals surface area (Å²) in [5.41, 5.74) is 0.606. The molecule has 1 aromatic carbocycles. The zero-order valence-electron chi connectivity index (χ0n) is 12.5. The largest absolute Gasteiger partial charge is 0.497 e. The van der Waals surface area contributed by atoms with E-state index in [0.29, 0.717) is 12.1 Å². The summed E-state index contributed by atoms with van der Waals surface area (Å²) >= 11 is 0. The Balaban J connectivity index is 2.03. The van der Waals surface area contributed by atoms with Crippen LogP contribution in [0.2, 0.25) is 0 Å². The van der Waals surface area contributed by atoms with Crippen LogP contribution in [0.25, 0.3) is 0 Å². The number of hydrogen-bond acceptors (Lipinski definition) is 4. The summed E-state index contributed by atoms with van der Waals surface area (Å²) < 4.78 is 5.09. The Bertz CT molecular complexity index is 564. The molecule has 1 N–H and O–H groups in total. The van der Waals surface area contributed by atoms with E-state index in [0.717, 1.165) is 5.75 Å². The number of methoxy groups -OCH3 is 1. The van der Waals surface area contributed by atoms with Crippen molar-refractivity contribution in [3.8, 4) is 5.75 Å². The summed E-state index contributed by atoms with van der Waals surface area (Å²) in [6, 6.07) is 7.00. The van der Waals surface area contributed by atoms with Crippen molar-refractivity contribution in [3.63, 3.8) is 0 Å². The van der Waals surface area contributed by atoms with E-state index in [2.05, 4.69) is 29.4 Å². The number of benzene rings is 1. The van der Waals surface area contributed by atoms with Crippen molar-refractivity contribution < 1.29 is 9.53 Å². The first-order valence-corrected chi connectivity index (χ1v) is 6.89. The van der Waals surface area contributed by atoms with Crippen LogP contribution in [0.3, 0.4) is 0 Å². The maximum atomic E-state index is 12.3. The quantitative estimate of drug-likeness (QED) is 0.879. The van der Waals surface area contributed by atoms with E-state index in [-0.39, 0.29) is 17.9 Å². The Morgan fingerprint density at radius 2 is 1.86 bits per heavy atom. The van der Waals surface area contributed by atoms with Crippen molar-refractivity contribution in [1.82, 2.24) is 20.3 Å². The molecule has 0 saturated heterocycles. The lowest BCUT2D eigenvalue weighted by Gasteiger charge is -2.21. The molecular formula is C15H20N4O2. The molecule has 0 aliphatic heterocycles. The Morgan fingerprint density at radius 1 is 1.24 bits per heavy atom. The normalized spacial score (nSPS) is 12.2. The Hall–Kier alpha value is -2.37. The fourth-order valence-corrected chi connectivity index (χ4v) is 1.93. The molecule has 0 radical (unpaired) electrons. The molecule has 0 aliphatic rings. The van der Waals surface area contributed by atoms with Crippen molar-refractivity contribution in [2.24, 2.45) is 5.92 Å². The molecule has 1 heterocycles. The van der Waals surface area contributed by atoms with Gasteiger partial charge < -0.3 is 10.1 Å². The van der Waals surface area contributed by atoms with Gasteiger partial charge >= 0.3 is 0 Å². The summed E-state index contributed by atoms with van der Waals surface area (Å²) in [5.74, 6) is 0.898. The van der Waals surface area contributed by atoms with Gasteiger partial charge in [-0.1, -0.05) is 13.8 Å². The van der Waals surface area contributed by atoms with E-state index in [1.165, 1.54) is 0 Å². The second-order valence-corrected chi connectivity index (χ2v) is 5.14. The molecule has 0 saturated carbocycles. The SMILES string of the molecule is COc1ccc(C(=O)NC(Cn2nccn2)C(C)C)cc1. The maximum Gasteiger partial charge on any atom is 0.251 e. The number of carbonyl (C=O) groups is 1. The molecule has 1 amide bonds. The van der Waals surface area contributed by atoms with Crippen LogP contribution in [-0.4, -0.2) is 34.1 Å². The molecule has 1 atom stereocenters. The van der Waals surface area contributed by atoms with Crippen LogP contribution in [0.5, 0.6) is 5.75 Å². The third-order valence-electron chi connectivity index (χ3n) is 3.30. The van der Waals surface area contributed by atoms with Crippen LogP contribution in [-0.2, 0) is 6.54 Å². The number of hydrogen-bond donors (Lipinski definition) is 1. The summed E-state index contributed by atoms with van der Waals surface area (Å²) in [4.78, 5) is 13.9. The van der Waals surface area contributed by atoms with E-state index in [9.17, 15) is 4.79 Å². The van der Waals surface area contributed by atoms with E-state index >= 15 is 0 Å². The second-order valence-electron chi connectivity index (χ2n) is 5.14. The molecule has 1 unspecified atom stereocenters. The Kier molecular flexibility index (Phi) is 4.92. The number of amides is 1. The van der Waals surface area contributed by atoms with Gasteiger partial charge in [-0.05, 0) is 30.2 Å². The smallest absolute Gasteiger partial charge is 0.251 e. The summed E-state index contributed by atoms with van der Waals surface area (Å²) in [7, 11) is 1.60. The van der Waals surface area contributed by atoms with Gasteiger partial charge in [-0.3, -0.25) is 4.79 Å². The number of nitrogens with one attached hydrogen (secondary N) is 1. The van der Waals surface area contributed by atoms with Crippen LogP contribution in [0.15, 0.2) is 36.7 Å². The lowest BCUT2D eigenvalue weighted by molar-refractivity contribution is 0.0918. The van der Waals surface area contributed by atoms with Crippen molar-refractivity contribution >= 4 is 5.91 Å². The van der Waals surface area contributed by atoms with Gasteiger partial charge in [-0.15, -0.1) is 0 Å². The fraction of sp³-hybridized carbons (Fsp3) is 0.400. The van der Waals surface area contributed by atoms with Gasteiger partial charge in [0.2, 0.25) is 0 Å². The van der Waals surface area contributed by atoms with Crippen molar-refractivity contribution in [2.45, 2.75) is 26.4 Å². The Labute approximate surface area is 124 Å². The summed E-state index contributed by atoms with van der Waals surface area (Å²) in [6.45, 7) is 4.66. The summed E-state index contributed by atoms with van der Waals surface area (Å²) in [5, 5.41) is 11.2. The molecule has 0 fully saturated rings. The standard InChI is InChI=1S/C15H20N4O2/c1-11(2)14(10-19-16-8-9-17-19)18-15(20)12-4-6-13(21-3)7-5-12/h4-9,11,14H,10H2,1-3H3,(H,18,20). The lowest BCUT2D eigenvalue weighted by atomic mass is 10.0. The minimum Gasteiger partial charge on any atom is -0.497 e. The van der Waals surface area contributed by atoms with Crippen LogP contribution in [0, 0.1) is 5.92 Å². The van der Waals surface area contributed by atoms with Gasteiger partial charge in [-0.25, -0.2) is 0 Å². The van der Waals surface area contributed by atoms with Crippen LogP contribution in [0.4, 0.5) is 0 Å². The molecule has 2 aromatic rings. The third-order valence-corrected chi connectivity index (χ3v) is 3.30. The highest BCUT2D eigenvalue weighted by atomic mass is 16.5. The van der Waals surface area contributed by atoms with Crippen molar-refractivity contribution in [1.29, 1.82) is 0 Å².